The minimum Gasteiger partial charge on any atom is -0.481 e. The first-order valence-electron chi connectivity index (χ1n) is 4.74. The second-order valence-electron chi connectivity index (χ2n) is 3.33. The molecule has 0 radical (unpaired) electrons. The minimum atomic E-state index is -3.89. The van der Waals surface area contributed by atoms with Crippen LogP contribution in [-0.2, 0) is 24.5 Å². The van der Waals surface area contributed by atoms with Crippen LogP contribution >= 0.6 is 0 Å². The number of ether oxygens (including phenoxy) is 1. The third-order valence-corrected chi connectivity index (χ3v) is 3.59. The molecule has 1 unspecified atom stereocenters. The van der Waals surface area contributed by atoms with Crippen molar-refractivity contribution < 1.29 is 27.9 Å². The number of rotatable bonds is 7. The molecular formula is C8H16N2O6S. The Morgan fingerprint density at radius 1 is 1.47 bits per heavy atom. The highest BCUT2D eigenvalue weighted by molar-refractivity contribution is 7.87. The quantitative estimate of drug-likeness (QED) is 0.560. The summed E-state index contributed by atoms with van der Waals surface area (Å²) in [6.45, 7) is 1.15. The molecule has 100 valence electrons. The summed E-state index contributed by atoms with van der Waals surface area (Å²) in [5, 5.41) is 8.42. The van der Waals surface area contributed by atoms with Crippen molar-refractivity contribution in [2.24, 2.45) is 0 Å². The van der Waals surface area contributed by atoms with Gasteiger partial charge in [-0.05, 0) is 6.92 Å². The lowest BCUT2D eigenvalue weighted by Crippen LogP contribution is -2.46. The zero-order valence-electron chi connectivity index (χ0n) is 9.84. The van der Waals surface area contributed by atoms with Gasteiger partial charge < -0.3 is 9.84 Å². The van der Waals surface area contributed by atoms with Gasteiger partial charge in [0.25, 0.3) is 10.2 Å². The molecule has 0 bridgehead atoms. The second kappa shape index (κ2) is 6.52. The van der Waals surface area contributed by atoms with Gasteiger partial charge in [-0.15, -0.1) is 0 Å². The topological polar surface area (TPSA) is 113 Å². The van der Waals surface area contributed by atoms with Gasteiger partial charge in [0.05, 0.1) is 13.5 Å². The van der Waals surface area contributed by atoms with Crippen LogP contribution in [0.5, 0.6) is 0 Å². The molecule has 8 nitrogen and oxygen atoms in total. The average Bonchev–Trinajstić information content (AvgIpc) is 2.23. The van der Waals surface area contributed by atoms with E-state index < -0.39 is 28.2 Å². The summed E-state index contributed by atoms with van der Waals surface area (Å²) in [7, 11) is -1.53. The number of nitrogens with zero attached hydrogens (tertiary/aromatic N) is 1. The minimum absolute atomic E-state index is 0.182. The third-order valence-electron chi connectivity index (χ3n) is 1.93. The SMILES string of the molecule is COC(=O)C(C)NS(=O)(=O)N(C)CCC(=O)O. The molecule has 0 aromatic rings. The van der Waals surface area contributed by atoms with Gasteiger partial charge in [-0.3, -0.25) is 9.59 Å². The van der Waals surface area contributed by atoms with E-state index in [9.17, 15) is 18.0 Å². The van der Waals surface area contributed by atoms with Gasteiger partial charge in [0, 0.05) is 13.6 Å². The highest BCUT2D eigenvalue weighted by Gasteiger charge is 2.24. The van der Waals surface area contributed by atoms with E-state index in [0.29, 0.717) is 0 Å². The molecule has 0 fully saturated rings. The molecule has 0 amide bonds. The molecule has 9 heteroatoms. The van der Waals surface area contributed by atoms with E-state index in [2.05, 4.69) is 9.46 Å². The van der Waals surface area contributed by atoms with Gasteiger partial charge in [0.2, 0.25) is 0 Å². The van der Waals surface area contributed by atoms with Crippen LogP contribution in [0, 0.1) is 0 Å². The van der Waals surface area contributed by atoms with Crippen LogP contribution in [0.25, 0.3) is 0 Å². The second-order valence-corrected chi connectivity index (χ2v) is 5.14. The van der Waals surface area contributed by atoms with Crippen molar-refractivity contribution in [1.29, 1.82) is 0 Å². The van der Waals surface area contributed by atoms with Crippen LogP contribution in [0.2, 0.25) is 0 Å². The van der Waals surface area contributed by atoms with Gasteiger partial charge in [0.15, 0.2) is 0 Å². The zero-order chi connectivity index (χ0) is 13.6. The monoisotopic (exact) mass is 268 g/mol. The fourth-order valence-electron chi connectivity index (χ4n) is 0.912. The first kappa shape index (κ1) is 15.8. The Morgan fingerprint density at radius 2 is 2.00 bits per heavy atom. The maximum absolute atomic E-state index is 11.6. The maximum Gasteiger partial charge on any atom is 0.323 e. The predicted octanol–water partition coefficient (Wildman–Crippen LogP) is -1.21. The van der Waals surface area contributed by atoms with Crippen LogP contribution in [0.3, 0.4) is 0 Å². The molecule has 17 heavy (non-hydrogen) atoms. The van der Waals surface area contributed by atoms with Crippen LogP contribution in [0.15, 0.2) is 0 Å². The number of aliphatic carboxylic acids is 1. The molecule has 2 N–H and O–H groups in total. The van der Waals surface area contributed by atoms with Crippen molar-refractivity contribution in [3.63, 3.8) is 0 Å². The number of hydrogen-bond acceptors (Lipinski definition) is 5. The lowest BCUT2D eigenvalue weighted by atomic mass is 10.4. The molecule has 0 saturated heterocycles. The lowest BCUT2D eigenvalue weighted by Gasteiger charge is -2.19. The fourth-order valence-corrected chi connectivity index (χ4v) is 1.97. The van der Waals surface area contributed by atoms with Gasteiger partial charge in [-0.1, -0.05) is 0 Å². The van der Waals surface area contributed by atoms with Gasteiger partial charge >= 0.3 is 11.9 Å². The average molecular weight is 268 g/mol. The molecule has 1 atom stereocenters. The van der Waals surface area contributed by atoms with Gasteiger partial charge in [-0.2, -0.15) is 17.4 Å². The van der Waals surface area contributed by atoms with Crippen molar-refractivity contribution >= 4 is 22.1 Å². The van der Waals surface area contributed by atoms with E-state index in [1.165, 1.54) is 14.0 Å². The Labute approximate surface area is 99.7 Å². The maximum atomic E-state index is 11.6. The van der Waals surface area contributed by atoms with Crippen molar-refractivity contribution in [2.45, 2.75) is 19.4 Å². The first-order chi connectivity index (χ1) is 7.70. The summed E-state index contributed by atoms with van der Waals surface area (Å²) in [5.74, 6) is -1.83. The Bertz CT molecular complexity index is 379. The van der Waals surface area contributed by atoms with Gasteiger partial charge in [0.1, 0.15) is 6.04 Å². The Hall–Kier alpha value is -1.19. The molecule has 0 saturated carbocycles. The largest absolute Gasteiger partial charge is 0.481 e. The Balaban J connectivity index is 4.46. The molecule has 0 aromatic carbocycles. The van der Waals surface area contributed by atoms with E-state index in [0.717, 1.165) is 11.4 Å². The summed E-state index contributed by atoms with van der Waals surface area (Å²) >= 11 is 0. The summed E-state index contributed by atoms with van der Waals surface area (Å²) in [6, 6.07) is -1.03. The van der Waals surface area contributed by atoms with E-state index >= 15 is 0 Å². The molecular weight excluding hydrogens is 252 g/mol. The van der Waals surface area contributed by atoms with Crippen LogP contribution in [0.4, 0.5) is 0 Å². The van der Waals surface area contributed by atoms with Gasteiger partial charge in [-0.25, -0.2) is 0 Å². The normalized spacial score (nSPS) is 13.4. The number of nitrogens with one attached hydrogen (secondary N) is 1. The zero-order valence-corrected chi connectivity index (χ0v) is 10.7. The summed E-state index contributed by atoms with van der Waals surface area (Å²) in [6.07, 6.45) is -0.315. The summed E-state index contributed by atoms with van der Waals surface area (Å²) in [5.41, 5.74) is 0. The number of carboxylic acids is 1. The molecule has 0 aromatic heterocycles. The number of methoxy groups -OCH3 is 1. The number of carbonyl (C=O) groups is 2. The summed E-state index contributed by atoms with van der Waals surface area (Å²) in [4.78, 5) is 21.3. The van der Waals surface area contributed by atoms with Crippen molar-refractivity contribution in [3.05, 3.63) is 0 Å². The standard InChI is InChI=1S/C8H16N2O6S/c1-6(8(13)16-3)9-17(14,15)10(2)5-4-7(11)12/h6,9H,4-5H2,1-3H3,(H,11,12). The number of hydrogen-bond donors (Lipinski definition) is 2. The van der Waals surface area contributed by atoms with E-state index in [-0.39, 0.29) is 13.0 Å². The molecule has 0 spiro atoms. The first-order valence-corrected chi connectivity index (χ1v) is 6.18. The number of carboxylic acid groups (broad SMARTS) is 1. The van der Waals surface area contributed by atoms with Crippen LogP contribution in [-0.4, -0.2) is 56.5 Å². The van der Waals surface area contributed by atoms with Crippen molar-refractivity contribution in [3.8, 4) is 0 Å². The molecule has 0 rings (SSSR count). The summed E-state index contributed by atoms with van der Waals surface area (Å²) < 4.78 is 30.4. The van der Waals surface area contributed by atoms with E-state index in [4.69, 9.17) is 5.11 Å². The van der Waals surface area contributed by atoms with Crippen molar-refractivity contribution in [1.82, 2.24) is 9.03 Å². The highest BCUT2D eigenvalue weighted by Crippen LogP contribution is 1.99. The number of esters is 1. The number of carbonyl (C=O) groups excluding carboxylic acids is 1. The van der Waals surface area contributed by atoms with Crippen molar-refractivity contribution in [2.75, 3.05) is 20.7 Å². The molecule has 0 aliphatic carbocycles. The lowest BCUT2D eigenvalue weighted by molar-refractivity contribution is -0.142. The predicted molar refractivity (Wildman–Crippen MR) is 58.4 cm³/mol. The van der Waals surface area contributed by atoms with E-state index in [1.807, 2.05) is 0 Å². The molecule has 0 heterocycles. The smallest absolute Gasteiger partial charge is 0.323 e. The Morgan fingerprint density at radius 3 is 2.41 bits per heavy atom. The fraction of sp³-hybridized carbons (Fsp3) is 0.750. The van der Waals surface area contributed by atoms with Crippen LogP contribution < -0.4 is 4.72 Å². The van der Waals surface area contributed by atoms with E-state index in [1.54, 1.807) is 0 Å². The Kier molecular flexibility index (Phi) is 6.07. The molecule has 0 aliphatic rings. The van der Waals surface area contributed by atoms with Crippen LogP contribution in [0.1, 0.15) is 13.3 Å². The highest BCUT2D eigenvalue weighted by atomic mass is 32.2. The molecule has 0 aliphatic heterocycles. The third kappa shape index (κ3) is 5.61.